The molecule has 0 unspecified atom stereocenters. The third kappa shape index (κ3) is 11.1. The summed E-state index contributed by atoms with van der Waals surface area (Å²) < 4.78 is 93.5. The van der Waals surface area contributed by atoms with E-state index in [4.69, 9.17) is 0 Å². The van der Waals surface area contributed by atoms with E-state index in [-0.39, 0.29) is 50.1 Å². The Bertz CT molecular complexity index is 1930. The molecule has 0 atom stereocenters. The first-order valence-corrected chi connectivity index (χ1v) is 14.1. The molecular formula is C33H28F7IrN8-3. The molecule has 0 N–H and O–H groups in total. The maximum Gasteiger partial charge on any atom is 0.429 e. The molecule has 0 saturated carbocycles. The molecule has 8 nitrogen and oxygen atoms in total. The van der Waals surface area contributed by atoms with Gasteiger partial charge in [-0.2, -0.15) is 35.1 Å². The molecule has 0 aliphatic heterocycles. The first-order chi connectivity index (χ1) is 22.6. The van der Waals surface area contributed by atoms with Gasteiger partial charge in [-0.3, -0.25) is 32.3 Å². The molecule has 6 aromatic rings. The fraction of sp³-hybridized carbons (Fsp3) is 0.212. The van der Waals surface area contributed by atoms with Gasteiger partial charge in [0.1, 0.15) is 5.82 Å². The molecule has 0 aliphatic rings. The first-order valence-electron chi connectivity index (χ1n) is 14.1. The molecule has 1 radical (unpaired) electrons. The predicted octanol–water partition coefficient (Wildman–Crippen LogP) is 6.36. The van der Waals surface area contributed by atoms with Crippen LogP contribution in [0.15, 0.2) is 79.5 Å². The Balaban J connectivity index is 0.000000200. The maximum atomic E-state index is 13.3. The van der Waals surface area contributed by atoms with E-state index in [1.54, 1.807) is 57.0 Å². The minimum absolute atomic E-state index is 0. The number of nitrogens with zero attached hydrogens (tertiary/aromatic N) is 8. The quantitative estimate of drug-likeness (QED) is 0.115. The number of rotatable bonds is 5. The van der Waals surface area contributed by atoms with Crippen LogP contribution in [0.25, 0.3) is 11.5 Å². The van der Waals surface area contributed by atoms with Crippen molar-refractivity contribution in [2.75, 3.05) is 0 Å². The molecule has 4 aromatic heterocycles. The van der Waals surface area contributed by atoms with Crippen molar-refractivity contribution in [3.63, 3.8) is 0 Å². The molecular weight excluding hydrogens is 834 g/mol. The molecule has 2 aromatic carbocycles. The van der Waals surface area contributed by atoms with Crippen LogP contribution in [0.5, 0.6) is 0 Å². The number of aromatic nitrogens is 8. The first kappa shape index (κ1) is 38.6. The van der Waals surface area contributed by atoms with Crippen LogP contribution in [0.4, 0.5) is 30.7 Å². The third-order valence-corrected chi connectivity index (χ3v) is 6.48. The van der Waals surface area contributed by atoms with Crippen LogP contribution in [0.1, 0.15) is 43.3 Å². The summed E-state index contributed by atoms with van der Waals surface area (Å²) in [6.45, 7) is 6.54. The molecule has 0 aliphatic carbocycles. The minimum atomic E-state index is -4.59. The standard InChI is InChI=1S/C12H12F3N4.C11H9F2N2.C10H7F2N2.Ir/c1-11(2,3)7-4-5-16-8(6-7)9-17-10(19-18-9)12(13,14)15;1-14-5-2-6-15(14)8-9-3-4-10(12)7-11(9)13;11-9-3-2-8(10(12)6-9)7-14-5-1-4-13-14;/h4-6H,1-3H3;2,4-7H,1,8H2;1,3-6H,7H2;/q3*-1;. The summed E-state index contributed by atoms with van der Waals surface area (Å²) in [6, 6.07) is 16.0. The predicted molar refractivity (Wildman–Crippen MR) is 158 cm³/mol. The maximum absolute atomic E-state index is 13.3. The van der Waals surface area contributed by atoms with E-state index in [0.29, 0.717) is 11.1 Å². The largest absolute Gasteiger partial charge is 0.429 e. The Morgan fingerprint density at radius 1 is 0.878 bits per heavy atom. The molecule has 16 heteroatoms. The van der Waals surface area contributed by atoms with Crippen LogP contribution in [-0.2, 0) is 44.8 Å². The van der Waals surface area contributed by atoms with E-state index < -0.39 is 35.3 Å². The topological polar surface area (TPSA) is 79.4 Å². The average Bonchev–Trinajstić information content (AvgIpc) is 3.80. The van der Waals surface area contributed by atoms with Crippen molar-refractivity contribution in [1.82, 2.24) is 34.6 Å². The average molecular weight is 862 g/mol. The van der Waals surface area contributed by atoms with Gasteiger partial charge >= 0.3 is 6.18 Å². The smallest absolute Gasteiger partial charge is 0.413 e. The summed E-state index contributed by atoms with van der Waals surface area (Å²) in [5.74, 6) is -3.79. The number of hydrogen-bond acceptors (Lipinski definition) is 4. The van der Waals surface area contributed by atoms with Crippen molar-refractivity contribution in [3.05, 3.63) is 144 Å². The van der Waals surface area contributed by atoms with Gasteiger partial charge in [0.25, 0.3) is 0 Å². The number of halogens is 7. The van der Waals surface area contributed by atoms with Gasteiger partial charge in [-0.05, 0) is 35.0 Å². The van der Waals surface area contributed by atoms with E-state index in [2.05, 4.69) is 44.4 Å². The Morgan fingerprint density at radius 2 is 1.51 bits per heavy atom. The summed E-state index contributed by atoms with van der Waals surface area (Å²) >= 11 is 0. The molecule has 0 saturated heterocycles. The zero-order chi connectivity index (χ0) is 35.1. The van der Waals surface area contributed by atoms with Crippen molar-refractivity contribution in [3.8, 4) is 11.5 Å². The van der Waals surface area contributed by atoms with E-state index in [1.165, 1.54) is 6.20 Å². The SMILES string of the molecule is CC(C)(C)c1ccnc(-c2nc(C(F)(F)F)n[n-]2)c1.Fc1c[c-]c(Cn2cccn2)c(F)c1.[CH2-][n+]1cccn1Cc1[c-]cc(F)cc1F.[Ir]. The van der Waals surface area contributed by atoms with Crippen LogP contribution < -0.4 is 9.78 Å². The van der Waals surface area contributed by atoms with Gasteiger partial charge in [-0.25, -0.2) is 4.68 Å². The Kier molecular flexibility index (Phi) is 13.0. The minimum Gasteiger partial charge on any atom is -0.413 e. The van der Waals surface area contributed by atoms with Crippen molar-refractivity contribution < 1.29 is 55.5 Å². The van der Waals surface area contributed by atoms with Gasteiger partial charge in [-0.1, -0.05) is 26.8 Å². The molecule has 0 fully saturated rings. The van der Waals surface area contributed by atoms with E-state index >= 15 is 0 Å². The van der Waals surface area contributed by atoms with Crippen molar-refractivity contribution in [2.45, 2.75) is 45.5 Å². The Labute approximate surface area is 291 Å². The molecule has 261 valence electrons. The van der Waals surface area contributed by atoms with E-state index in [0.717, 1.165) is 29.8 Å². The van der Waals surface area contributed by atoms with Gasteiger partial charge < -0.3 is 10.1 Å². The number of hydrogen-bond donors (Lipinski definition) is 0. The number of pyridine rings is 1. The second-order valence-corrected chi connectivity index (χ2v) is 11.2. The zero-order valence-electron chi connectivity index (χ0n) is 26.2. The summed E-state index contributed by atoms with van der Waals surface area (Å²) in [4.78, 5) is 7.35. The van der Waals surface area contributed by atoms with Crippen LogP contribution >= 0.6 is 0 Å². The van der Waals surface area contributed by atoms with Crippen LogP contribution in [0.3, 0.4) is 0 Å². The van der Waals surface area contributed by atoms with Gasteiger partial charge in [0.15, 0.2) is 0 Å². The number of alkyl halides is 3. The van der Waals surface area contributed by atoms with Crippen molar-refractivity contribution in [1.29, 1.82) is 0 Å². The molecule has 6 rings (SSSR count). The summed E-state index contributed by atoms with van der Waals surface area (Å²) in [7, 11) is 3.69. The van der Waals surface area contributed by atoms with E-state index in [9.17, 15) is 30.7 Å². The summed E-state index contributed by atoms with van der Waals surface area (Å²) in [6.07, 6.45) is 3.73. The summed E-state index contributed by atoms with van der Waals surface area (Å²) in [5.41, 5.74) is 1.70. The second-order valence-electron chi connectivity index (χ2n) is 11.2. The van der Waals surface area contributed by atoms with Crippen LogP contribution in [-0.4, -0.2) is 29.5 Å². The number of benzene rings is 2. The zero-order valence-corrected chi connectivity index (χ0v) is 28.6. The fourth-order valence-corrected chi connectivity index (χ4v) is 3.95. The van der Waals surface area contributed by atoms with Gasteiger partial charge in [0.05, 0.1) is 18.4 Å². The normalized spacial score (nSPS) is 11.1. The van der Waals surface area contributed by atoms with Crippen LogP contribution in [0.2, 0.25) is 0 Å². The van der Waals surface area contributed by atoms with Crippen molar-refractivity contribution >= 4 is 0 Å². The Hall–Kier alpha value is -4.82. The molecule has 0 spiro atoms. The van der Waals surface area contributed by atoms with Gasteiger partial charge in [0.2, 0.25) is 0 Å². The van der Waals surface area contributed by atoms with Crippen LogP contribution in [0, 0.1) is 42.4 Å². The van der Waals surface area contributed by atoms with Gasteiger partial charge in [0, 0.05) is 81.8 Å². The van der Waals surface area contributed by atoms with Crippen molar-refractivity contribution in [2.24, 2.45) is 0 Å². The monoisotopic (exact) mass is 862 g/mol. The Morgan fingerprint density at radius 3 is 2.00 bits per heavy atom. The molecule has 0 amide bonds. The second kappa shape index (κ2) is 16.5. The fourth-order valence-electron chi connectivity index (χ4n) is 3.95. The molecule has 49 heavy (non-hydrogen) atoms. The molecule has 0 bridgehead atoms. The van der Waals surface area contributed by atoms with E-state index in [1.807, 2.05) is 26.8 Å². The molecule has 4 heterocycles. The third-order valence-electron chi connectivity index (χ3n) is 6.48. The van der Waals surface area contributed by atoms with Gasteiger partial charge in [-0.15, -0.1) is 35.4 Å². The summed E-state index contributed by atoms with van der Waals surface area (Å²) in [5, 5.41) is 10.4.